The van der Waals surface area contributed by atoms with Crippen LogP contribution < -0.4 is 0 Å². The van der Waals surface area contributed by atoms with Crippen molar-refractivity contribution in [3.63, 3.8) is 0 Å². The Morgan fingerprint density at radius 1 is 1.54 bits per heavy atom. The van der Waals surface area contributed by atoms with Crippen molar-refractivity contribution in [2.75, 3.05) is 6.61 Å². The smallest absolute Gasteiger partial charge is 0.145 e. The number of rotatable bonds is 2. The molecule has 1 saturated heterocycles. The zero-order valence-electron chi connectivity index (χ0n) is 7.33. The van der Waals surface area contributed by atoms with Gasteiger partial charge >= 0.3 is 0 Å². The summed E-state index contributed by atoms with van der Waals surface area (Å²) in [5.41, 5.74) is -0.337. The van der Waals surface area contributed by atoms with Gasteiger partial charge in [-0.2, -0.15) is 0 Å². The highest BCUT2D eigenvalue weighted by atomic mass is 19.1. The maximum absolute atomic E-state index is 13.3. The lowest BCUT2D eigenvalue weighted by Gasteiger charge is -2.15. The molecule has 1 N–H and O–H groups in total. The number of ether oxygens (including phenoxy) is 1. The number of halogens is 1. The number of epoxide rings is 1. The van der Waals surface area contributed by atoms with E-state index in [0.29, 0.717) is 12.2 Å². The molecule has 1 aromatic rings. The minimum Gasteiger partial charge on any atom is -0.390 e. The van der Waals surface area contributed by atoms with Crippen LogP contribution in [0.4, 0.5) is 4.39 Å². The van der Waals surface area contributed by atoms with Gasteiger partial charge in [0, 0.05) is 5.56 Å². The van der Waals surface area contributed by atoms with E-state index in [9.17, 15) is 9.50 Å². The lowest BCUT2D eigenvalue weighted by Crippen LogP contribution is -2.25. The lowest BCUT2D eigenvalue weighted by molar-refractivity contribution is 0.0863. The second-order valence-corrected chi connectivity index (χ2v) is 3.33. The number of aliphatic hydroxyl groups is 1. The molecule has 1 aliphatic heterocycles. The van der Waals surface area contributed by atoms with E-state index in [4.69, 9.17) is 4.74 Å². The summed E-state index contributed by atoms with van der Waals surface area (Å²) >= 11 is 0. The molecule has 13 heavy (non-hydrogen) atoms. The summed E-state index contributed by atoms with van der Waals surface area (Å²) < 4.78 is 18.4. The van der Waals surface area contributed by atoms with Crippen LogP contribution in [0.3, 0.4) is 0 Å². The van der Waals surface area contributed by atoms with Crippen LogP contribution in [0.1, 0.15) is 12.5 Å². The van der Waals surface area contributed by atoms with Gasteiger partial charge in [-0.1, -0.05) is 18.2 Å². The van der Waals surface area contributed by atoms with Crippen molar-refractivity contribution in [2.45, 2.75) is 18.6 Å². The quantitative estimate of drug-likeness (QED) is 0.702. The Morgan fingerprint density at radius 2 is 2.15 bits per heavy atom. The Kier molecular flexibility index (Phi) is 1.86. The van der Waals surface area contributed by atoms with Crippen molar-refractivity contribution in [3.8, 4) is 0 Å². The van der Waals surface area contributed by atoms with Crippen LogP contribution >= 0.6 is 0 Å². The van der Waals surface area contributed by atoms with Crippen LogP contribution in [0.25, 0.3) is 0 Å². The fraction of sp³-hybridized carbons (Fsp3) is 0.400. The van der Waals surface area contributed by atoms with E-state index in [0.717, 1.165) is 0 Å². The lowest BCUT2D eigenvalue weighted by atomic mass is 9.94. The van der Waals surface area contributed by atoms with E-state index < -0.39 is 11.7 Å². The van der Waals surface area contributed by atoms with Crippen LogP contribution in [0.5, 0.6) is 0 Å². The van der Waals surface area contributed by atoms with Crippen LogP contribution in [0, 0.1) is 5.82 Å². The van der Waals surface area contributed by atoms with Gasteiger partial charge in [0.2, 0.25) is 0 Å². The molecule has 1 heterocycles. The number of benzene rings is 1. The summed E-state index contributed by atoms with van der Waals surface area (Å²) in [6, 6.07) is 6.39. The van der Waals surface area contributed by atoms with Crippen molar-refractivity contribution < 1.29 is 14.2 Å². The molecule has 2 nitrogen and oxygen atoms in total. The van der Waals surface area contributed by atoms with Crippen molar-refractivity contribution in [1.29, 1.82) is 0 Å². The largest absolute Gasteiger partial charge is 0.390 e. The summed E-state index contributed by atoms with van der Waals surface area (Å²) in [4.78, 5) is 0. The zero-order valence-corrected chi connectivity index (χ0v) is 7.33. The molecule has 0 saturated carbocycles. The van der Waals surface area contributed by atoms with Gasteiger partial charge in [-0.05, 0) is 13.0 Å². The first-order valence-corrected chi connectivity index (χ1v) is 4.24. The van der Waals surface area contributed by atoms with Crippen molar-refractivity contribution >= 4 is 0 Å². The third kappa shape index (κ3) is 1.24. The van der Waals surface area contributed by atoms with Gasteiger partial charge in [0.25, 0.3) is 0 Å². The second-order valence-electron chi connectivity index (χ2n) is 3.33. The van der Waals surface area contributed by atoms with Crippen LogP contribution in [0.15, 0.2) is 24.3 Å². The van der Waals surface area contributed by atoms with Crippen molar-refractivity contribution in [1.82, 2.24) is 0 Å². The predicted molar refractivity (Wildman–Crippen MR) is 45.7 cm³/mol. The summed E-state index contributed by atoms with van der Waals surface area (Å²) in [7, 11) is 0. The van der Waals surface area contributed by atoms with Gasteiger partial charge in [0.1, 0.15) is 11.4 Å². The van der Waals surface area contributed by atoms with Crippen LogP contribution in [0.2, 0.25) is 0 Å². The summed E-state index contributed by atoms with van der Waals surface area (Å²) in [6.07, 6.45) is -0.676. The van der Waals surface area contributed by atoms with E-state index in [1.807, 2.05) is 0 Å². The molecule has 70 valence electrons. The normalized spacial score (nSPS) is 28.5. The molecule has 1 aliphatic rings. The molecule has 0 spiro atoms. The number of aliphatic hydroxyl groups excluding tert-OH is 1. The van der Waals surface area contributed by atoms with Gasteiger partial charge in [0.15, 0.2) is 0 Å². The minimum atomic E-state index is -0.786. The molecule has 0 aromatic heterocycles. The second kappa shape index (κ2) is 2.79. The van der Waals surface area contributed by atoms with E-state index in [1.54, 1.807) is 25.1 Å². The standard InChI is InChI=1S/C10H11FO2/c1-7(12)10(6-13-10)8-4-2-3-5-9(8)11/h2-5,7,12H,6H2,1H3/t7?,10-/m1/s1. The first kappa shape index (κ1) is 8.66. The molecular weight excluding hydrogens is 171 g/mol. The SMILES string of the molecule is CC(O)[C@@]1(c2ccccc2F)CO1. The Labute approximate surface area is 76.0 Å². The highest BCUT2D eigenvalue weighted by Gasteiger charge is 2.52. The van der Waals surface area contributed by atoms with E-state index >= 15 is 0 Å². The zero-order chi connectivity index (χ0) is 9.47. The van der Waals surface area contributed by atoms with Gasteiger partial charge < -0.3 is 9.84 Å². The third-order valence-electron chi connectivity index (χ3n) is 2.46. The molecule has 1 fully saturated rings. The molecule has 0 radical (unpaired) electrons. The maximum atomic E-state index is 13.3. The summed E-state index contributed by atoms with van der Waals surface area (Å²) in [5.74, 6) is -0.319. The van der Waals surface area contributed by atoms with E-state index in [-0.39, 0.29) is 5.82 Å². The molecule has 3 heteroatoms. The number of hydrogen-bond donors (Lipinski definition) is 1. The molecular formula is C10H11FO2. The predicted octanol–water partition coefficient (Wildman–Crippen LogP) is 1.43. The molecule has 0 amide bonds. The Bertz CT molecular complexity index is 318. The first-order valence-electron chi connectivity index (χ1n) is 4.24. The summed E-state index contributed by atoms with van der Waals surface area (Å²) in [5, 5.41) is 9.43. The summed E-state index contributed by atoms with van der Waals surface area (Å²) in [6.45, 7) is 2.00. The van der Waals surface area contributed by atoms with Gasteiger partial charge in [-0.15, -0.1) is 0 Å². The molecule has 2 rings (SSSR count). The van der Waals surface area contributed by atoms with Gasteiger partial charge in [-0.3, -0.25) is 0 Å². The fourth-order valence-electron chi connectivity index (χ4n) is 1.50. The monoisotopic (exact) mass is 182 g/mol. The van der Waals surface area contributed by atoms with E-state index in [1.165, 1.54) is 6.07 Å². The molecule has 2 atom stereocenters. The Morgan fingerprint density at radius 3 is 2.62 bits per heavy atom. The van der Waals surface area contributed by atoms with Crippen molar-refractivity contribution in [2.24, 2.45) is 0 Å². The maximum Gasteiger partial charge on any atom is 0.145 e. The molecule has 0 bridgehead atoms. The Balaban J connectivity index is 2.41. The third-order valence-corrected chi connectivity index (χ3v) is 2.46. The highest BCUT2D eigenvalue weighted by Crippen LogP contribution is 2.42. The fourth-order valence-corrected chi connectivity index (χ4v) is 1.50. The van der Waals surface area contributed by atoms with Crippen LogP contribution in [-0.2, 0) is 10.3 Å². The first-order chi connectivity index (χ1) is 6.17. The number of hydrogen-bond acceptors (Lipinski definition) is 2. The van der Waals surface area contributed by atoms with Crippen LogP contribution in [-0.4, -0.2) is 17.8 Å². The average Bonchev–Trinajstić information content (AvgIpc) is 2.85. The molecule has 0 aliphatic carbocycles. The topological polar surface area (TPSA) is 32.8 Å². The molecule has 1 unspecified atom stereocenters. The molecule has 1 aromatic carbocycles. The minimum absolute atomic E-state index is 0.319. The Hall–Kier alpha value is -0.930. The highest BCUT2D eigenvalue weighted by molar-refractivity contribution is 5.29. The average molecular weight is 182 g/mol. The van der Waals surface area contributed by atoms with Gasteiger partial charge in [-0.25, -0.2) is 4.39 Å². The van der Waals surface area contributed by atoms with Gasteiger partial charge in [0.05, 0.1) is 12.7 Å². The van der Waals surface area contributed by atoms with E-state index in [2.05, 4.69) is 0 Å². The van der Waals surface area contributed by atoms with Crippen molar-refractivity contribution in [3.05, 3.63) is 35.6 Å².